The van der Waals surface area contributed by atoms with E-state index in [1.807, 2.05) is 0 Å². The van der Waals surface area contributed by atoms with Crippen molar-refractivity contribution in [3.8, 4) is 0 Å². The quantitative estimate of drug-likeness (QED) is 0.829. The minimum absolute atomic E-state index is 0.555. The van der Waals surface area contributed by atoms with Gasteiger partial charge >= 0.3 is 0 Å². The fourth-order valence-electron chi connectivity index (χ4n) is 2.81. The highest BCUT2D eigenvalue weighted by Gasteiger charge is 2.15. The maximum atomic E-state index is 4.65. The van der Waals surface area contributed by atoms with Gasteiger partial charge in [0, 0.05) is 19.1 Å². The second kappa shape index (κ2) is 8.02. The van der Waals surface area contributed by atoms with Crippen LogP contribution < -0.4 is 10.2 Å². The number of nitrogens with zero attached hydrogens (tertiary/aromatic N) is 4. The Morgan fingerprint density at radius 1 is 1.15 bits per heavy atom. The van der Waals surface area contributed by atoms with Crippen LogP contribution in [0.15, 0.2) is 6.20 Å². The van der Waals surface area contributed by atoms with E-state index in [9.17, 15) is 0 Å². The predicted molar refractivity (Wildman–Crippen MR) is 83.1 cm³/mol. The van der Waals surface area contributed by atoms with Crippen LogP contribution >= 0.6 is 0 Å². The third-order valence-electron chi connectivity index (χ3n) is 3.77. The molecule has 112 valence electrons. The summed E-state index contributed by atoms with van der Waals surface area (Å²) < 4.78 is 0. The molecule has 0 atom stereocenters. The molecule has 0 unspecified atom stereocenters. The molecule has 0 spiro atoms. The lowest BCUT2D eigenvalue weighted by molar-refractivity contribution is 0.461. The van der Waals surface area contributed by atoms with Gasteiger partial charge in [0.2, 0.25) is 5.95 Å². The summed E-state index contributed by atoms with van der Waals surface area (Å²) in [7, 11) is 0. The molecule has 0 saturated heterocycles. The van der Waals surface area contributed by atoms with Crippen LogP contribution in [0.5, 0.6) is 0 Å². The maximum Gasteiger partial charge on any atom is 0.247 e. The van der Waals surface area contributed by atoms with E-state index < -0.39 is 0 Å². The standard InChI is InChI=1S/C15H27N5/c1-3-10-20(11-4-2)15-18-14(12-16-19-15)17-13-8-6-5-7-9-13/h12-13H,3-11H2,1-2H3,(H,17,18,19). The summed E-state index contributed by atoms with van der Waals surface area (Å²) in [4.78, 5) is 6.87. The van der Waals surface area contributed by atoms with E-state index in [2.05, 4.69) is 39.2 Å². The van der Waals surface area contributed by atoms with Gasteiger partial charge in [0.15, 0.2) is 5.82 Å². The molecule has 0 radical (unpaired) electrons. The minimum atomic E-state index is 0.555. The molecule has 1 aromatic rings. The summed E-state index contributed by atoms with van der Waals surface area (Å²) in [6.07, 6.45) is 10.4. The molecule has 0 amide bonds. The van der Waals surface area contributed by atoms with Gasteiger partial charge in [0.25, 0.3) is 0 Å². The van der Waals surface area contributed by atoms with Crippen LogP contribution in [-0.2, 0) is 0 Å². The van der Waals surface area contributed by atoms with Crippen molar-refractivity contribution in [2.45, 2.75) is 64.8 Å². The molecular weight excluding hydrogens is 250 g/mol. The van der Waals surface area contributed by atoms with Crippen LogP contribution in [0.2, 0.25) is 0 Å². The number of aromatic nitrogens is 3. The molecule has 5 heteroatoms. The van der Waals surface area contributed by atoms with Gasteiger partial charge in [0.1, 0.15) is 0 Å². The molecular formula is C15H27N5. The second-order valence-corrected chi connectivity index (χ2v) is 5.61. The van der Waals surface area contributed by atoms with Gasteiger partial charge in [-0.15, -0.1) is 5.10 Å². The van der Waals surface area contributed by atoms with E-state index in [0.717, 1.165) is 37.7 Å². The molecule has 1 aliphatic carbocycles. The van der Waals surface area contributed by atoms with E-state index in [4.69, 9.17) is 0 Å². The van der Waals surface area contributed by atoms with E-state index >= 15 is 0 Å². The van der Waals surface area contributed by atoms with Crippen molar-refractivity contribution in [2.75, 3.05) is 23.3 Å². The van der Waals surface area contributed by atoms with Gasteiger partial charge in [-0.1, -0.05) is 33.1 Å². The fraction of sp³-hybridized carbons (Fsp3) is 0.800. The first-order chi connectivity index (χ1) is 9.83. The Morgan fingerprint density at radius 2 is 1.85 bits per heavy atom. The number of anilines is 2. The third kappa shape index (κ3) is 4.32. The number of rotatable bonds is 7. The van der Waals surface area contributed by atoms with Crippen LogP contribution in [0.3, 0.4) is 0 Å². The van der Waals surface area contributed by atoms with E-state index in [-0.39, 0.29) is 0 Å². The maximum absolute atomic E-state index is 4.65. The first-order valence-corrected chi connectivity index (χ1v) is 8.04. The lowest BCUT2D eigenvalue weighted by atomic mass is 9.96. The molecule has 0 bridgehead atoms. The van der Waals surface area contributed by atoms with Crippen LogP contribution in [0, 0.1) is 0 Å². The lowest BCUT2D eigenvalue weighted by Crippen LogP contribution is -2.28. The minimum Gasteiger partial charge on any atom is -0.366 e. The number of hydrogen-bond acceptors (Lipinski definition) is 5. The van der Waals surface area contributed by atoms with Crippen LogP contribution in [0.1, 0.15) is 58.8 Å². The van der Waals surface area contributed by atoms with Gasteiger partial charge < -0.3 is 10.2 Å². The van der Waals surface area contributed by atoms with Crippen molar-refractivity contribution in [3.05, 3.63) is 6.20 Å². The van der Waals surface area contributed by atoms with Crippen molar-refractivity contribution in [2.24, 2.45) is 0 Å². The average Bonchev–Trinajstić information content (AvgIpc) is 2.48. The molecule has 2 rings (SSSR count). The monoisotopic (exact) mass is 277 g/mol. The normalized spacial score (nSPS) is 16.1. The zero-order valence-corrected chi connectivity index (χ0v) is 12.8. The highest BCUT2D eigenvalue weighted by Crippen LogP contribution is 2.21. The third-order valence-corrected chi connectivity index (χ3v) is 3.77. The highest BCUT2D eigenvalue weighted by atomic mass is 15.3. The highest BCUT2D eigenvalue weighted by molar-refractivity contribution is 5.39. The molecule has 20 heavy (non-hydrogen) atoms. The Labute approximate surface area is 122 Å². The van der Waals surface area contributed by atoms with Crippen molar-refractivity contribution < 1.29 is 0 Å². The summed E-state index contributed by atoms with van der Waals surface area (Å²) in [5.74, 6) is 1.63. The van der Waals surface area contributed by atoms with Gasteiger partial charge in [-0.3, -0.25) is 0 Å². The summed E-state index contributed by atoms with van der Waals surface area (Å²) in [5, 5.41) is 11.8. The van der Waals surface area contributed by atoms with E-state index in [1.165, 1.54) is 32.1 Å². The van der Waals surface area contributed by atoms with Gasteiger partial charge in [-0.25, -0.2) is 0 Å². The molecule has 1 saturated carbocycles. The Bertz CT molecular complexity index is 384. The van der Waals surface area contributed by atoms with Crippen molar-refractivity contribution >= 4 is 11.8 Å². The Balaban J connectivity index is 2.01. The largest absolute Gasteiger partial charge is 0.366 e. The molecule has 1 N–H and O–H groups in total. The molecule has 1 heterocycles. The predicted octanol–water partition coefficient (Wildman–Crippen LogP) is 3.24. The Kier molecular flexibility index (Phi) is 6.02. The van der Waals surface area contributed by atoms with Crippen LogP contribution in [0.25, 0.3) is 0 Å². The zero-order chi connectivity index (χ0) is 14.2. The van der Waals surface area contributed by atoms with E-state index in [0.29, 0.717) is 6.04 Å². The van der Waals surface area contributed by atoms with Crippen LogP contribution in [-0.4, -0.2) is 34.3 Å². The summed E-state index contributed by atoms with van der Waals surface area (Å²) in [6, 6.07) is 0.555. The molecule has 1 fully saturated rings. The number of hydrogen-bond donors (Lipinski definition) is 1. The molecule has 0 aromatic carbocycles. The van der Waals surface area contributed by atoms with E-state index in [1.54, 1.807) is 6.20 Å². The Hall–Kier alpha value is -1.39. The van der Waals surface area contributed by atoms with Gasteiger partial charge in [-0.2, -0.15) is 10.1 Å². The Morgan fingerprint density at radius 3 is 2.50 bits per heavy atom. The molecule has 1 aromatic heterocycles. The number of nitrogens with one attached hydrogen (secondary N) is 1. The fourth-order valence-corrected chi connectivity index (χ4v) is 2.81. The zero-order valence-electron chi connectivity index (χ0n) is 12.8. The van der Waals surface area contributed by atoms with Gasteiger partial charge in [0.05, 0.1) is 6.20 Å². The lowest BCUT2D eigenvalue weighted by Gasteiger charge is -2.24. The summed E-state index contributed by atoms with van der Waals surface area (Å²) in [6.45, 7) is 6.34. The smallest absolute Gasteiger partial charge is 0.247 e. The van der Waals surface area contributed by atoms with Crippen molar-refractivity contribution in [1.29, 1.82) is 0 Å². The molecule has 0 aliphatic heterocycles. The SMILES string of the molecule is CCCN(CCC)c1nncc(NC2CCCCC2)n1. The van der Waals surface area contributed by atoms with Crippen LogP contribution in [0.4, 0.5) is 11.8 Å². The topological polar surface area (TPSA) is 53.9 Å². The van der Waals surface area contributed by atoms with Crippen molar-refractivity contribution in [3.63, 3.8) is 0 Å². The molecule has 5 nitrogen and oxygen atoms in total. The average molecular weight is 277 g/mol. The summed E-state index contributed by atoms with van der Waals surface area (Å²) in [5.41, 5.74) is 0. The first-order valence-electron chi connectivity index (χ1n) is 8.04. The van der Waals surface area contributed by atoms with Crippen molar-refractivity contribution in [1.82, 2.24) is 15.2 Å². The summed E-state index contributed by atoms with van der Waals surface area (Å²) >= 11 is 0. The second-order valence-electron chi connectivity index (χ2n) is 5.61. The molecule has 1 aliphatic rings. The first kappa shape index (κ1) is 15.0. The van der Waals surface area contributed by atoms with Gasteiger partial charge in [-0.05, 0) is 25.7 Å².